The van der Waals surface area contributed by atoms with Crippen molar-refractivity contribution < 1.29 is 8.91 Å². The first-order valence-corrected chi connectivity index (χ1v) is 6.09. The summed E-state index contributed by atoms with van der Waals surface area (Å²) in [6.07, 6.45) is 3.36. The third-order valence-corrected chi connectivity index (χ3v) is 3.00. The van der Waals surface area contributed by atoms with E-state index >= 15 is 0 Å². The van der Waals surface area contributed by atoms with Crippen molar-refractivity contribution in [2.75, 3.05) is 5.73 Å². The topological polar surface area (TPSA) is 64.9 Å². The van der Waals surface area contributed by atoms with Gasteiger partial charge in [-0.25, -0.2) is 4.39 Å². The summed E-state index contributed by atoms with van der Waals surface area (Å²) < 4.78 is 19.2. The molecule has 2 aromatic heterocycles. The predicted octanol–water partition coefficient (Wildman–Crippen LogP) is 3.43. The number of benzene rings is 1. The highest BCUT2D eigenvalue weighted by Gasteiger charge is 2.20. The van der Waals surface area contributed by atoms with Crippen LogP contribution >= 0.6 is 0 Å². The lowest BCUT2D eigenvalue weighted by Gasteiger charge is -2.04. The summed E-state index contributed by atoms with van der Waals surface area (Å²) in [7, 11) is 0. The lowest BCUT2D eigenvalue weighted by Crippen LogP contribution is -1.91. The van der Waals surface area contributed by atoms with Crippen molar-refractivity contribution >= 4 is 5.82 Å². The van der Waals surface area contributed by atoms with E-state index < -0.39 is 0 Å². The van der Waals surface area contributed by atoms with Gasteiger partial charge in [0.15, 0.2) is 11.6 Å². The summed E-state index contributed by atoms with van der Waals surface area (Å²) in [5.41, 5.74) is 8.33. The van der Waals surface area contributed by atoms with E-state index in [4.69, 9.17) is 10.3 Å². The van der Waals surface area contributed by atoms with E-state index in [2.05, 4.69) is 10.1 Å². The van der Waals surface area contributed by atoms with Gasteiger partial charge in [-0.15, -0.1) is 0 Å². The zero-order valence-electron chi connectivity index (χ0n) is 10.8. The molecule has 0 aliphatic rings. The van der Waals surface area contributed by atoms with E-state index in [1.165, 1.54) is 6.07 Å². The van der Waals surface area contributed by atoms with Crippen molar-refractivity contribution in [1.29, 1.82) is 0 Å². The Kier molecular flexibility index (Phi) is 2.95. The van der Waals surface area contributed by atoms with Gasteiger partial charge in [-0.3, -0.25) is 4.98 Å². The molecule has 0 amide bonds. The number of hydrogen-bond acceptors (Lipinski definition) is 4. The molecule has 0 unspecified atom stereocenters. The maximum atomic E-state index is 14.0. The number of rotatable bonds is 2. The molecular formula is C15H12FN3O. The van der Waals surface area contributed by atoms with Crippen molar-refractivity contribution in [1.82, 2.24) is 10.1 Å². The van der Waals surface area contributed by atoms with Gasteiger partial charge >= 0.3 is 0 Å². The average Bonchev–Trinajstić information content (AvgIpc) is 2.81. The largest absolute Gasteiger partial charge is 0.380 e. The van der Waals surface area contributed by atoms with Crippen molar-refractivity contribution in [2.45, 2.75) is 6.92 Å². The first kappa shape index (κ1) is 12.3. The molecule has 3 rings (SSSR count). The number of aromatic nitrogens is 2. The van der Waals surface area contributed by atoms with Gasteiger partial charge in [0.1, 0.15) is 5.82 Å². The summed E-state index contributed by atoms with van der Waals surface area (Å²) in [5, 5.41) is 3.75. The average molecular weight is 269 g/mol. The number of nitrogens with two attached hydrogens (primary N) is 1. The predicted molar refractivity (Wildman–Crippen MR) is 74.3 cm³/mol. The smallest absolute Gasteiger partial charge is 0.178 e. The van der Waals surface area contributed by atoms with E-state index in [0.29, 0.717) is 22.5 Å². The van der Waals surface area contributed by atoms with Crippen LogP contribution in [0, 0.1) is 12.7 Å². The Bertz CT molecular complexity index is 767. The number of aryl methyl sites for hydroxylation is 1. The minimum Gasteiger partial charge on any atom is -0.380 e. The second-order valence-corrected chi connectivity index (χ2v) is 4.50. The molecule has 100 valence electrons. The van der Waals surface area contributed by atoms with Crippen LogP contribution in [0.5, 0.6) is 0 Å². The molecule has 0 radical (unpaired) electrons. The number of hydrogen-bond donors (Lipinski definition) is 1. The van der Waals surface area contributed by atoms with Gasteiger partial charge in [0, 0.05) is 23.5 Å². The summed E-state index contributed by atoms with van der Waals surface area (Å²) in [6, 6.07) is 8.27. The van der Waals surface area contributed by atoms with E-state index in [-0.39, 0.29) is 11.6 Å². The highest BCUT2D eigenvalue weighted by molar-refractivity contribution is 5.86. The zero-order chi connectivity index (χ0) is 14.1. The molecule has 0 saturated carbocycles. The van der Waals surface area contributed by atoms with Gasteiger partial charge in [-0.05, 0) is 24.6 Å². The molecule has 0 bridgehead atoms. The lowest BCUT2D eigenvalue weighted by molar-refractivity contribution is 0.436. The van der Waals surface area contributed by atoms with E-state index in [0.717, 1.165) is 5.56 Å². The van der Waals surface area contributed by atoms with E-state index in [9.17, 15) is 4.39 Å². The van der Waals surface area contributed by atoms with Crippen LogP contribution in [0.15, 0.2) is 47.2 Å². The highest BCUT2D eigenvalue weighted by Crippen LogP contribution is 2.37. The molecule has 0 saturated heterocycles. The summed E-state index contributed by atoms with van der Waals surface area (Å²) >= 11 is 0. The molecule has 0 atom stereocenters. The van der Waals surface area contributed by atoms with Crippen LogP contribution in [0.2, 0.25) is 0 Å². The number of pyridine rings is 1. The molecule has 0 aliphatic carbocycles. The van der Waals surface area contributed by atoms with Crippen LogP contribution in [-0.4, -0.2) is 10.1 Å². The van der Waals surface area contributed by atoms with Crippen molar-refractivity contribution in [2.24, 2.45) is 0 Å². The molecule has 4 nitrogen and oxygen atoms in total. The molecule has 5 heteroatoms. The molecule has 2 heterocycles. The Labute approximate surface area is 115 Å². The minimum atomic E-state index is -0.371. The Balaban J connectivity index is 2.23. The molecule has 0 aliphatic heterocycles. The molecule has 0 spiro atoms. The third-order valence-electron chi connectivity index (χ3n) is 3.00. The number of anilines is 1. The van der Waals surface area contributed by atoms with Crippen LogP contribution in [0.4, 0.5) is 10.2 Å². The van der Waals surface area contributed by atoms with Crippen LogP contribution in [-0.2, 0) is 0 Å². The van der Waals surface area contributed by atoms with Crippen LogP contribution < -0.4 is 5.73 Å². The molecule has 3 aromatic rings. The fourth-order valence-electron chi connectivity index (χ4n) is 2.10. The Morgan fingerprint density at radius 1 is 1.20 bits per heavy atom. The Morgan fingerprint density at radius 2 is 2.00 bits per heavy atom. The van der Waals surface area contributed by atoms with Gasteiger partial charge in [0.05, 0.1) is 5.56 Å². The van der Waals surface area contributed by atoms with Gasteiger partial charge in [0.2, 0.25) is 0 Å². The first-order chi connectivity index (χ1) is 9.66. The monoisotopic (exact) mass is 269 g/mol. The maximum absolute atomic E-state index is 14.0. The molecule has 1 aromatic carbocycles. The minimum absolute atomic E-state index is 0.159. The second kappa shape index (κ2) is 4.77. The first-order valence-electron chi connectivity index (χ1n) is 6.09. The SMILES string of the molecule is Cc1cncc(-c2onc(N)c2-c2ccccc2F)c1. The summed E-state index contributed by atoms with van der Waals surface area (Å²) in [5.74, 6) is 0.208. The van der Waals surface area contributed by atoms with Crippen molar-refractivity contribution in [3.63, 3.8) is 0 Å². The summed E-state index contributed by atoms with van der Waals surface area (Å²) in [4.78, 5) is 4.10. The highest BCUT2D eigenvalue weighted by atomic mass is 19.1. The van der Waals surface area contributed by atoms with Crippen LogP contribution in [0.25, 0.3) is 22.5 Å². The fourth-order valence-corrected chi connectivity index (χ4v) is 2.10. The van der Waals surface area contributed by atoms with E-state index in [1.54, 1.807) is 30.6 Å². The van der Waals surface area contributed by atoms with Gasteiger partial charge in [-0.1, -0.05) is 23.4 Å². The Hall–Kier alpha value is -2.69. The standard InChI is InChI=1S/C15H12FN3O/c1-9-6-10(8-18-7-9)14-13(15(17)19-20-14)11-4-2-3-5-12(11)16/h2-8H,1H3,(H2,17,19). The maximum Gasteiger partial charge on any atom is 0.178 e. The van der Waals surface area contributed by atoms with Gasteiger partial charge < -0.3 is 10.3 Å². The zero-order valence-corrected chi connectivity index (χ0v) is 10.8. The van der Waals surface area contributed by atoms with Crippen molar-refractivity contribution in [3.8, 4) is 22.5 Å². The third kappa shape index (κ3) is 2.03. The Morgan fingerprint density at radius 3 is 2.75 bits per heavy atom. The molecule has 20 heavy (non-hydrogen) atoms. The van der Waals surface area contributed by atoms with Crippen molar-refractivity contribution in [3.05, 3.63) is 54.1 Å². The van der Waals surface area contributed by atoms with Crippen LogP contribution in [0.1, 0.15) is 5.56 Å². The normalized spacial score (nSPS) is 10.7. The number of nitrogens with zero attached hydrogens (tertiary/aromatic N) is 2. The van der Waals surface area contributed by atoms with Gasteiger partial charge in [-0.2, -0.15) is 0 Å². The quantitative estimate of drug-likeness (QED) is 0.774. The van der Waals surface area contributed by atoms with Crippen LogP contribution in [0.3, 0.4) is 0 Å². The van der Waals surface area contributed by atoms with E-state index in [1.807, 2.05) is 13.0 Å². The molecule has 0 fully saturated rings. The van der Waals surface area contributed by atoms with Gasteiger partial charge in [0.25, 0.3) is 0 Å². The lowest BCUT2D eigenvalue weighted by atomic mass is 10.0. The number of nitrogen functional groups attached to an aromatic ring is 1. The fraction of sp³-hybridized carbons (Fsp3) is 0.0667. The number of halogens is 1. The molecule has 2 N–H and O–H groups in total. The molecular weight excluding hydrogens is 257 g/mol. The second-order valence-electron chi connectivity index (χ2n) is 4.50. The summed E-state index contributed by atoms with van der Waals surface area (Å²) in [6.45, 7) is 1.92.